The molecule has 0 saturated carbocycles. The highest BCUT2D eigenvalue weighted by Crippen LogP contribution is 2.26. The Morgan fingerprint density at radius 3 is 2.72 bits per heavy atom. The number of H-pyrrole nitrogens is 1. The number of para-hydroxylation sites is 1. The summed E-state index contributed by atoms with van der Waals surface area (Å²) < 4.78 is 6.32. The Morgan fingerprint density at radius 1 is 1.14 bits per heavy atom. The third-order valence-electron chi connectivity index (χ3n) is 4.19. The van der Waals surface area contributed by atoms with Crippen LogP contribution >= 0.6 is 11.6 Å². The van der Waals surface area contributed by atoms with Gasteiger partial charge in [0.2, 0.25) is 0 Å². The molecule has 0 fully saturated rings. The third kappa shape index (κ3) is 3.48. The third-order valence-corrected chi connectivity index (χ3v) is 4.52. The van der Waals surface area contributed by atoms with Crippen molar-refractivity contribution in [1.82, 2.24) is 9.66 Å². The fourth-order valence-corrected chi connectivity index (χ4v) is 2.99. The molecule has 0 amide bonds. The number of aromatic amines is 1. The molecule has 4 aromatic rings. The van der Waals surface area contributed by atoms with Crippen LogP contribution in [0.5, 0.6) is 0 Å². The van der Waals surface area contributed by atoms with Crippen LogP contribution in [0.25, 0.3) is 22.2 Å². The number of nitrogens with one attached hydrogen (secondary N) is 1. The molecule has 2 N–H and O–H groups in total. The molecule has 2 heterocycles. The Morgan fingerprint density at radius 2 is 1.93 bits per heavy atom. The van der Waals surface area contributed by atoms with E-state index in [4.69, 9.17) is 16.0 Å². The summed E-state index contributed by atoms with van der Waals surface area (Å²) >= 11 is 5.88. The zero-order valence-corrected chi connectivity index (χ0v) is 15.4. The predicted molar refractivity (Wildman–Crippen MR) is 108 cm³/mol. The maximum Gasteiger partial charge on any atom is 0.349 e. The zero-order chi connectivity index (χ0) is 20.5. The number of nitrogens with zero attached hydrogens (tertiary/aromatic N) is 2. The number of carboxylic acids is 1. The van der Waals surface area contributed by atoms with Crippen LogP contribution in [0, 0.1) is 0 Å². The van der Waals surface area contributed by atoms with E-state index in [0.29, 0.717) is 26.9 Å². The Balaban J connectivity index is 1.69. The molecule has 0 bridgehead atoms. The molecular weight excluding hydrogens is 398 g/mol. The number of halogens is 1. The first kappa shape index (κ1) is 18.5. The lowest BCUT2D eigenvalue weighted by atomic mass is 10.1. The van der Waals surface area contributed by atoms with E-state index in [1.165, 1.54) is 18.3 Å². The van der Waals surface area contributed by atoms with Crippen molar-refractivity contribution >= 4 is 34.7 Å². The van der Waals surface area contributed by atoms with Crippen molar-refractivity contribution < 1.29 is 14.3 Å². The molecule has 8 nitrogen and oxygen atoms in total. The summed E-state index contributed by atoms with van der Waals surface area (Å²) in [6.45, 7) is 0. The molecule has 0 aliphatic rings. The van der Waals surface area contributed by atoms with Crippen LogP contribution in [-0.2, 0) is 0 Å². The fourth-order valence-electron chi connectivity index (χ4n) is 2.79. The summed E-state index contributed by atoms with van der Waals surface area (Å²) in [5.74, 6) is -0.503. The van der Waals surface area contributed by atoms with E-state index in [1.807, 2.05) is 0 Å². The van der Waals surface area contributed by atoms with Gasteiger partial charge in [-0.25, -0.2) is 9.59 Å². The van der Waals surface area contributed by atoms with Gasteiger partial charge in [0.1, 0.15) is 11.5 Å². The number of furan rings is 1. The van der Waals surface area contributed by atoms with Crippen molar-refractivity contribution in [2.24, 2.45) is 5.10 Å². The lowest BCUT2D eigenvalue weighted by Gasteiger charge is -2.02. The Bertz CT molecular complexity index is 1400. The molecule has 29 heavy (non-hydrogen) atoms. The van der Waals surface area contributed by atoms with Crippen LogP contribution in [0.1, 0.15) is 16.1 Å². The number of benzene rings is 2. The van der Waals surface area contributed by atoms with Gasteiger partial charge in [0, 0.05) is 5.56 Å². The van der Waals surface area contributed by atoms with Crippen molar-refractivity contribution in [3.63, 3.8) is 0 Å². The molecule has 0 aliphatic heterocycles. The van der Waals surface area contributed by atoms with Gasteiger partial charge >= 0.3 is 11.7 Å². The SMILES string of the molecule is O=C(O)c1cc(-c2ccc(C=Nn3c(=O)[nH]c4ccccc4c3=O)o2)ccc1Cl. The second-order valence-electron chi connectivity index (χ2n) is 6.04. The van der Waals surface area contributed by atoms with Gasteiger partial charge in [0.25, 0.3) is 5.56 Å². The molecule has 0 unspecified atom stereocenters. The molecule has 4 rings (SSSR count). The molecular formula is C20H12ClN3O5. The molecule has 0 aliphatic carbocycles. The van der Waals surface area contributed by atoms with Crippen LogP contribution in [-0.4, -0.2) is 27.0 Å². The number of aromatic nitrogens is 2. The van der Waals surface area contributed by atoms with Gasteiger partial charge in [-0.1, -0.05) is 23.7 Å². The second kappa shape index (κ2) is 7.25. The molecule has 0 radical (unpaired) electrons. The van der Waals surface area contributed by atoms with Gasteiger partial charge in [-0.3, -0.25) is 4.79 Å². The van der Waals surface area contributed by atoms with Gasteiger partial charge < -0.3 is 14.5 Å². The molecule has 0 atom stereocenters. The van der Waals surface area contributed by atoms with Gasteiger partial charge in [0.05, 0.1) is 27.7 Å². The van der Waals surface area contributed by atoms with Crippen LogP contribution in [0.3, 0.4) is 0 Å². The molecule has 144 valence electrons. The van der Waals surface area contributed by atoms with Crippen molar-refractivity contribution in [2.45, 2.75) is 0 Å². The minimum absolute atomic E-state index is 0.0509. The monoisotopic (exact) mass is 409 g/mol. The maximum atomic E-state index is 12.5. The van der Waals surface area contributed by atoms with Crippen molar-refractivity contribution in [1.29, 1.82) is 0 Å². The predicted octanol–water partition coefficient (Wildman–Crippen LogP) is 3.18. The average Bonchev–Trinajstić information content (AvgIpc) is 3.17. The van der Waals surface area contributed by atoms with Gasteiger partial charge in [0.15, 0.2) is 0 Å². The molecule has 2 aromatic heterocycles. The zero-order valence-electron chi connectivity index (χ0n) is 14.6. The van der Waals surface area contributed by atoms with E-state index in [0.717, 1.165) is 0 Å². The summed E-state index contributed by atoms with van der Waals surface area (Å²) in [5.41, 5.74) is -0.361. The number of carboxylic acid groups (broad SMARTS) is 1. The largest absolute Gasteiger partial charge is 0.478 e. The number of hydrogen-bond acceptors (Lipinski definition) is 5. The van der Waals surface area contributed by atoms with Crippen molar-refractivity contribution in [2.75, 3.05) is 0 Å². The number of aromatic carboxylic acids is 1. The normalized spacial score (nSPS) is 11.3. The summed E-state index contributed by atoms with van der Waals surface area (Å²) in [5, 5.41) is 13.5. The fraction of sp³-hybridized carbons (Fsp3) is 0. The summed E-state index contributed by atoms with van der Waals surface area (Å²) in [4.78, 5) is 38.4. The van der Waals surface area contributed by atoms with Gasteiger partial charge in [-0.2, -0.15) is 5.10 Å². The highest BCUT2D eigenvalue weighted by atomic mass is 35.5. The molecule has 0 saturated heterocycles. The topological polar surface area (TPSA) is 118 Å². The maximum absolute atomic E-state index is 12.5. The van der Waals surface area contributed by atoms with E-state index in [9.17, 15) is 19.5 Å². The van der Waals surface area contributed by atoms with Crippen LogP contribution in [0.15, 0.2) is 73.7 Å². The van der Waals surface area contributed by atoms with E-state index in [1.54, 1.807) is 42.5 Å². The second-order valence-corrected chi connectivity index (χ2v) is 6.45. The van der Waals surface area contributed by atoms with E-state index < -0.39 is 17.2 Å². The molecule has 2 aromatic carbocycles. The first-order valence-electron chi connectivity index (χ1n) is 8.35. The van der Waals surface area contributed by atoms with Crippen LogP contribution in [0.2, 0.25) is 5.02 Å². The lowest BCUT2D eigenvalue weighted by molar-refractivity contribution is 0.0697. The molecule has 0 spiro atoms. The van der Waals surface area contributed by atoms with E-state index in [2.05, 4.69) is 10.1 Å². The molecule has 9 heteroatoms. The summed E-state index contributed by atoms with van der Waals surface area (Å²) in [7, 11) is 0. The van der Waals surface area contributed by atoms with Crippen LogP contribution in [0.4, 0.5) is 0 Å². The lowest BCUT2D eigenvalue weighted by Crippen LogP contribution is -2.32. The van der Waals surface area contributed by atoms with E-state index in [-0.39, 0.29) is 16.3 Å². The van der Waals surface area contributed by atoms with Crippen molar-refractivity contribution in [3.05, 3.63) is 91.8 Å². The Hall–Kier alpha value is -3.91. The minimum atomic E-state index is -1.15. The minimum Gasteiger partial charge on any atom is -0.478 e. The Labute approximate surface area is 167 Å². The number of carbonyl (C=O) groups is 1. The summed E-state index contributed by atoms with van der Waals surface area (Å²) in [6, 6.07) is 14.3. The first-order valence-corrected chi connectivity index (χ1v) is 8.73. The average molecular weight is 410 g/mol. The quantitative estimate of drug-likeness (QED) is 0.502. The van der Waals surface area contributed by atoms with Gasteiger partial charge in [-0.05, 0) is 42.5 Å². The number of hydrogen-bond donors (Lipinski definition) is 2. The smallest absolute Gasteiger partial charge is 0.349 e. The summed E-state index contributed by atoms with van der Waals surface area (Å²) in [6.07, 6.45) is 1.23. The van der Waals surface area contributed by atoms with Gasteiger partial charge in [-0.15, -0.1) is 4.68 Å². The standard InChI is InChI=1S/C20H12ClN3O5/c21-15-7-5-11(9-14(15)19(26)27)17-8-6-12(29-17)10-22-24-18(25)13-3-1-2-4-16(13)23-20(24)28/h1-10H,(H,23,28)(H,26,27). The Kier molecular flexibility index (Phi) is 4.61. The van der Waals surface area contributed by atoms with Crippen LogP contribution < -0.4 is 11.2 Å². The van der Waals surface area contributed by atoms with E-state index >= 15 is 0 Å². The van der Waals surface area contributed by atoms with Crippen molar-refractivity contribution in [3.8, 4) is 11.3 Å². The highest BCUT2D eigenvalue weighted by Gasteiger charge is 2.12. The highest BCUT2D eigenvalue weighted by molar-refractivity contribution is 6.33. The number of rotatable bonds is 4. The number of fused-ring (bicyclic) bond motifs is 1. The first-order chi connectivity index (χ1) is 13.9.